The number of hydrogen-bond donors (Lipinski definition) is 1. The van der Waals surface area contributed by atoms with Gasteiger partial charge in [0.1, 0.15) is 0 Å². The van der Waals surface area contributed by atoms with Crippen LogP contribution in [0.5, 0.6) is 0 Å². The van der Waals surface area contributed by atoms with Crippen molar-refractivity contribution in [1.29, 1.82) is 0 Å². The molecule has 0 aromatic rings. The minimum atomic E-state index is -0.262. The summed E-state index contributed by atoms with van der Waals surface area (Å²) in [6.07, 6.45) is 2.19. The normalized spacial score (nSPS) is 26.4. The summed E-state index contributed by atoms with van der Waals surface area (Å²) in [5, 5.41) is 11.6. The highest BCUT2D eigenvalue weighted by Gasteiger charge is 2.48. The van der Waals surface area contributed by atoms with Crippen LogP contribution in [-0.4, -0.2) is 21.3 Å². The average Bonchev–Trinajstić information content (AvgIpc) is 2.10. The van der Waals surface area contributed by atoms with E-state index in [1.165, 1.54) is 10.6 Å². The molecule has 0 atom stereocenters. The number of nitrogens with zero attached hydrogens (tertiary/aromatic N) is 1. The molecule has 0 saturated heterocycles. The van der Waals surface area contributed by atoms with Crippen molar-refractivity contribution in [3.8, 4) is 0 Å². The van der Waals surface area contributed by atoms with E-state index in [0.717, 1.165) is 0 Å². The first kappa shape index (κ1) is 11.7. The Morgan fingerprint density at radius 1 is 1.14 bits per heavy atom. The Morgan fingerprint density at radius 2 is 1.57 bits per heavy atom. The Hall–Kier alpha value is -0.340. The lowest BCUT2D eigenvalue weighted by Gasteiger charge is -2.39. The van der Waals surface area contributed by atoms with Crippen LogP contribution in [0.25, 0.3) is 0 Å². The van der Waals surface area contributed by atoms with Crippen molar-refractivity contribution < 1.29 is 5.21 Å². The van der Waals surface area contributed by atoms with Crippen molar-refractivity contribution in [2.75, 3.05) is 0 Å². The van der Waals surface area contributed by atoms with Gasteiger partial charge in [-0.1, -0.05) is 26.8 Å². The first-order valence-corrected chi connectivity index (χ1v) is 5.22. The van der Waals surface area contributed by atoms with Crippen molar-refractivity contribution >= 4 is 0 Å². The van der Waals surface area contributed by atoms with Gasteiger partial charge in [-0.3, -0.25) is 0 Å². The highest BCUT2D eigenvalue weighted by molar-refractivity contribution is 5.33. The van der Waals surface area contributed by atoms with Crippen LogP contribution in [0.1, 0.15) is 48.5 Å². The van der Waals surface area contributed by atoms with Gasteiger partial charge >= 0.3 is 0 Å². The second kappa shape index (κ2) is 2.83. The average molecular weight is 197 g/mol. The zero-order valence-corrected chi connectivity index (χ0v) is 10.5. The third-order valence-electron chi connectivity index (χ3n) is 3.04. The molecule has 1 heterocycles. The summed E-state index contributed by atoms with van der Waals surface area (Å²) in [6, 6.07) is 0. The Morgan fingerprint density at radius 3 is 1.71 bits per heavy atom. The van der Waals surface area contributed by atoms with E-state index in [2.05, 4.69) is 40.7 Å². The number of hydrogen-bond acceptors (Lipinski definition) is 2. The first-order chi connectivity index (χ1) is 5.99. The van der Waals surface area contributed by atoms with Crippen molar-refractivity contribution in [1.82, 2.24) is 5.06 Å². The smallest absolute Gasteiger partial charge is 0.0628 e. The highest BCUT2D eigenvalue weighted by atomic mass is 16.5. The second-order valence-electron chi connectivity index (χ2n) is 6.33. The quantitative estimate of drug-likeness (QED) is 0.603. The molecule has 1 rings (SSSR count). The lowest BCUT2D eigenvalue weighted by molar-refractivity contribution is -0.187. The van der Waals surface area contributed by atoms with Crippen molar-refractivity contribution in [3.05, 3.63) is 11.6 Å². The summed E-state index contributed by atoms with van der Waals surface area (Å²) in [6.45, 7) is 14.8. The fraction of sp³-hybridized carbons (Fsp3) is 0.833. The maximum absolute atomic E-state index is 10.1. The molecule has 0 saturated carbocycles. The van der Waals surface area contributed by atoms with Crippen LogP contribution in [-0.2, 0) is 0 Å². The van der Waals surface area contributed by atoms with E-state index in [1.54, 1.807) is 0 Å². The Bertz CT molecular complexity index is 269. The fourth-order valence-corrected chi connectivity index (χ4v) is 2.56. The van der Waals surface area contributed by atoms with Gasteiger partial charge in [0.15, 0.2) is 0 Å². The van der Waals surface area contributed by atoms with Gasteiger partial charge in [0.05, 0.1) is 11.1 Å². The maximum atomic E-state index is 10.1. The molecule has 0 spiro atoms. The van der Waals surface area contributed by atoms with E-state index in [-0.39, 0.29) is 16.5 Å². The summed E-state index contributed by atoms with van der Waals surface area (Å²) in [5.41, 5.74) is 0.893. The van der Waals surface area contributed by atoms with E-state index in [9.17, 15) is 5.21 Å². The van der Waals surface area contributed by atoms with Crippen LogP contribution in [0.3, 0.4) is 0 Å². The zero-order valence-electron chi connectivity index (χ0n) is 10.5. The molecule has 0 unspecified atom stereocenters. The van der Waals surface area contributed by atoms with Crippen molar-refractivity contribution in [2.24, 2.45) is 5.41 Å². The molecule has 1 N–H and O–H groups in total. The third kappa shape index (κ3) is 1.61. The minimum Gasteiger partial charge on any atom is -0.312 e. The van der Waals surface area contributed by atoms with E-state index < -0.39 is 0 Å². The molecule has 0 radical (unpaired) electrons. The molecule has 82 valence electrons. The predicted molar refractivity (Wildman–Crippen MR) is 59.3 cm³/mol. The van der Waals surface area contributed by atoms with Gasteiger partial charge in [0.2, 0.25) is 0 Å². The van der Waals surface area contributed by atoms with Crippen LogP contribution in [0.15, 0.2) is 11.6 Å². The summed E-state index contributed by atoms with van der Waals surface area (Å²) < 4.78 is 0. The van der Waals surface area contributed by atoms with Crippen LogP contribution in [0.4, 0.5) is 0 Å². The molecule has 14 heavy (non-hydrogen) atoms. The van der Waals surface area contributed by atoms with Crippen molar-refractivity contribution in [3.63, 3.8) is 0 Å². The molecule has 0 aromatic carbocycles. The lowest BCUT2D eigenvalue weighted by atomic mass is 9.77. The van der Waals surface area contributed by atoms with Gasteiger partial charge in [-0.15, -0.1) is 0 Å². The number of hydroxylamine groups is 2. The van der Waals surface area contributed by atoms with Gasteiger partial charge in [-0.25, -0.2) is 0 Å². The molecule has 2 heteroatoms. The second-order valence-corrected chi connectivity index (χ2v) is 6.33. The number of rotatable bonds is 0. The van der Waals surface area contributed by atoms with Crippen LogP contribution < -0.4 is 0 Å². The Kier molecular flexibility index (Phi) is 2.37. The third-order valence-corrected chi connectivity index (χ3v) is 3.04. The van der Waals surface area contributed by atoms with Crippen LogP contribution in [0, 0.1) is 5.41 Å². The summed E-state index contributed by atoms with van der Waals surface area (Å²) >= 11 is 0. The summed E-state index contributed by atoms with van der Waals surface area (Å²) in [5.74, 6) is 0. The molecule has 1 aliphatic rings. The van der Waals surface area contributed by atoms with Gasteiger partial charge < -0.3 is 5.21 Å². The molecular formula is C12H23NO. The minimum absolute atomic E-state index is 0.109. The van der Waals surface area contributed by atoms with E-state index in [0.29, 0.717) is 0 Å². The molecule has 0 aromatic heterocycles. The summed E-state index contributed by atoms with van der Waals surface area (Å²) in [7, 11) is 0. The lowest BCUT2D eigenvalue weighted by Crippen LogP contribution is -2.49. The molecular weight excluding hydrogens is 174 g/mol. The molecule has 0 amide bonds. The topological polar surface area (TPSA) is 23.5 Å². The van der Waals surface area contributed by atoms with Gasteiger partial charge in [-0.2, -0.15) is 5.06 Å². The van der Waals surface area contributed by atoms with Crippen LogP contribution >= 0.6 is 0 Å². The largest absolute Gasteiger partial charge is 0.312 e. The molecule has 0 aliphatic carbocycles. The first-order valence-electron chi connectivity index (χ1n) is 5.22. The maximum Gasteiger partial charge on any atom is 0.0628 e. The van der Waals surface area contributed by atoms with Gasteiger partial charge in [0, 0.05) is 0 Å². The molecule has 0 bridgehead atoms. The van der Waals surface area contributed by atoms with Crippen LogP contribution in [0.2, 0.25) is 0 Å². The molecule has 2 nitrogen and oxygen atoms in total. The van der Waals surface area contributed by atoms with E-state index in [1.807, 2.05) is 13.8 Å². The standard InChI is InChI=1S/C12H23NO/c1-10(2,3)9-8-11(4,5)13(14)12(9,6)7/h8,14H,1-7H3. The van der Waals surface area contributed by atoms with Gasteiger partial charge in [0.25, 0.3) is 0 Å². The predicted octanol–water partition coefficient (Wildman–Crippen LogP) is 3.22. The zero-order chi connectivity index (χ0) is 11.4. The SMILES string of the molecule is CC(C)(C)C1=CC(C)(C)N(O)C1(C)C. The monoisotopic (exact) mass is 197 g/mol. The Labute approximate surface area is 87.6 Å². The van der Waals surface area contributed by atoms with Crippen molar-refractivity contribution in [2.45, 2.75) is 59.5 Å². The summed E-state index contributed by atoms with van der Waals surface area (Å²) in [4.78, 5) is 0. The van der Waals surface area contributed by atoms with Gasteiger partial charge in [-0.05, 0) is 38.7 Å². The van der Waals surface area contributed by atoms with E-state index >= 15 is 0 Å². The highest BCUT2D eigenvalue weighted by Crippen LogP contribution is 2.46. The molecule has 0 fully saturated rings. The van der Waals surface area contributed by atoms with E-state index in [4.69, 9.17) is 0 Å². The molecule has 1 aliphatic heterocycles. The Balaban J connectivity index is 3.20. The fourth-order valence-electron chi connectivity index (χ4n) is 2.56.